The summed E-state index contributed by atoms with van der Waals surface area (Å²) in [4.78, 5) is 0. The fourth-order valence-electron chi connectivity index (χ4n) is 0.989. The molecule has 0 saturated carbocycles. The van der Waals surface area contributed by atoms with E-state index in [-0.39, 0.29) is 4.47 Å². The largest absolute Gasteiger partial charge is 0.416 e. The minimum Gasteiger partial charge on any atom is -0.205 e. The molecule has 0 aliphatic heterocycles. The predicted octanol–water partition coefficient (Wildman–Crippen LogP) is 4.35. The number of rotatable bonds is 1. The molecule has 1 aromatic rings. The molecular formula is C8H4BrClF4. The summed E-state index contributed by atoms with van der Waals surface area (Å²) < 4.78 is 50.1. The summed E-state index contributed by atoms with van der Waals surface area (Å²) >= 11 is 8.04. The molecule has 0 nitrogen and oxygen atoms in total. The van der Waals surface area contributed by atoms with E-state index in [2.05, 4.69) is 15.9 Å². The van der Waals surface area contributed by atoms with Crippen molar-refractivity contribution < 1.29 is 17.6 Å². The van der Waals surface area contributed by atoms with Crippen LogP contribution in [0.4, 0.5) is 17.6 Å². The Kier molecular flexibility index (Phi) is 3.42. The first kappa shape index (κ1) is 11.8. The lowest BCUT2D eigenvalue weighted by Gasteiger charge is -2.12. The molecular weight excluding hydrogens is 287 g/mol. The summed E-state index contributed by atoms with van der Waals surface area (Å²) in [5, 5.41) is 0. The van der Waals surface area contributed by atoms with Crippen LogP contribution in [0, 0.1) is 5.82 Å². The molecule has 0 amide bonds. The van der Waals surface area contributed by atoms with Gasteiger partial charge in [0.05, 0.1) is 15.9 Å². The van der Waals surface area contributed by atoms with Gasteiger partial charge in [0.25, 0.3) is 0 Å². The van der Waals surface area contributed by atoms with Crippen LogP contribution in [0.25, 0.3) is 0 Å². The van der Waals surface area contributed by atoms with E-state index in [1.807, 2.05) is 0 Å². The fourth-order valence-corrected chi connectivity index (χ4v) is 1.62. The minimum atomic E-state index is -4.58. The maximum Gasteiger partial charge on any atom is 0.416 e. The Hall–Kier alpha value is -0.290. The molecule has 0 spiro atoms. The lowest BCUT2D eigenvalue weighted by molar-refractivity contribution is -0.138. The third-order valence-corrected chi connectivity index (χ3v) is 2.51. The Labute approximate surface area is 91.0 Å². The van der Waals surface area contributed by atoms with E-state index < -0.39 is 29.0 Å². The van der Waals surface area contributed by atoms with Gasteiger partial charge in [-0.15, -0.1) is 11.6 Å². The van der Waals surface area contributed by atoms with E-state index in [4.69, 9.17) is 11.6 Å². The second kappa shape index (κ2) is 4.06. The Morgan fingerprint density at radius 1 is 1.29 bits per heavy atom. The highest BCUT2D eigenvalue weighted by Gasteiger charge is 2.34. The van der Waals surface area contributed by atoms with Crippen molar-refractivity contribution in [2.75, 3.05) is 0 Å². The zero-order chi connectivity index (χ0) is 10.9. The normalized spacial score (nSPS) is 11.9. The van der Waals surface area contributed by atoms with Crippen molar-refractivity contribution >= 4 is 27.5 Å². The fraction of sp³-hybridized carbons (Fsp3) is 0.250. The predicted molar refractivity (Wildman–Crippen MR) is 48.7 cm³/mol. The van der Waals surface area contributed by atoms with Crippen molar-refractivity contribution in [2.45, 2.75) is 12.1 Å². The van der Waals surface area contributed by atoms with Crippen molar-refractivity contribution in [3.8, 4) is 0 Å². The van der Waals surface area contributed by atoms with Crippen LogP contribution in [-0.4, -0.2) is 0 Å². The third kappa shape index (κ3) is 2.20. The van der Waals surface area contributed by atoms with Crippen LogP contribution in [0.1, 0.15) is 11.1 Å². The van der Waals surface area contributed by atoms with Crippen molar-refractivity contribution in [2.24, 2.45) is 0 Å². The monoisotopic (exact) mass is 290 g/mol. The highest BCUT2D eigenvalue weighted by molar-refractivity contribution is 9.10. The number of hydrogen-bond donors (Lipinski definition) is 0. The quantitative estimate of drug-likeness (QED) is 0.533. The van der Waals surface area contributed by atoms with Crippen LogP contribution in [-0.2, 0) is 12.1 Å². The summed E-state index contributed by atoms with van der Waals surface area (Å²) in [6.45, 7) is 0. The third-order valence-electron chi connectivity index (χ3n) is 1.64. The highest BCUT2D eigenvalue weighted by atomic mass is 79.9. The lowest BCUT2D eigenvalue weighted by atomic mass is 10.1. The summed E-state index contributed by atoms with van der Waals surface area (Å²) in [7, 11) is 0. The molecule has 0 aromatic heterocycles. The van der Waals surface area contributed by atoms with Crippen LogP contribution in [0.2, 0.25) is 0 Å². The van der Waals surface area contributed by atoms with Gasteiger partial charge < -0.3 is 0 Å². The van der Waals surface area contributed by atoms with Crippen LogP contribution in [0.5, 0.6) is 0 Å². The van der Waals surface area contributed by atoms with Crippen LogP contribution < -0.4 is 0 Å². The maximum absolute atomic E-state index is 13.2. The molecule has 14 heavy (non-hydrogen) atoms. The summed E-state index contributed by atoms with van der Waals surface area (Å²) in [6, 6.07) is 1.80. The molecule has 0 aliphatic carbocycles. The first-order valence-corrected chi connectivity index (χ1v) is 4.80. The average molecular weight is 291 g/mol. The second-order valence-electron chi connectivity index (χ2n) is 2.52. The zero-order valence-electron chi connectivity index (χ0n) is 6.63. The number of alkyl halides is 4. The Balaban J connectivity index is 3.39. The van der Waals surface area contributed by atoms with E-state index in [9.17, 15) is 17.6 Å². The Morgan fingerprint density at radius 2 is 1.86 bits per heavy atom. The Morgan fingerprint density at radius 3 is 2.29 bits per heavy atom. The topological polar surface area (TPSA) is 0 Å². The molecule has 0 atom stereocenters. The first-order chi connectivity index (χ1) is 6.38. The molecule has 78 valence electrons. The van der Waals surface area contributed by atoms with Gasteiger partial charge in [-0.05, 0) is 28.1 Å². The van der Waals surface area contributed by atoms with Gasteiger partial charge in [-0.2, -0.15) is 13.2 Å². The van der Waals surface area contributed by atoms with Gasteiger partial charge in [-0.1, -0.05) is 0 Å². The molecule has 0 radical (unpaired) electrons. The molecule has 0 N–H and O–H groups in total. The maximum atomic E-state index is 13.2. The summed E-state index contributed by atoms with van der Waals surface area (Å²) in [5.74, 6) is -1.48. The molecule has 0 fully saturated rings. The van der Waals surface area contributed by atoms with E-state index in [1.165, 1.54) is 0 Å². The van der Waals surface area contributed by atoms with Gasteiger partial charge in [0.1, 0.15) is 5.82 Å². The molecule has 0 heterocycles. The SMILES string of the molecule is Fc1c(Br)ccc(C(F)(F)F)c1CCl. The average Bonchev–Trinajstić information content (AvgIpc) is 2.07. The van der Waals surface area contributed by atoms with Crippen molar-refractivity contribution in [1.82, 2.24) is 0 Å². The van der Waals surface area contributed by atoms with Gasteiger partial charge >= 0.3 is 6.18 Å². The molecule has 6 heteroatoms. The lowest BCUT2D eigenvalue weighted by Crippen LogP contribution is -2.10. The Bertz CT molecular complexity index is 348. The number of hydrogen-bond acceptors (Lipinski definition) is 0. The van der Waals surface area contributed by atoms with E-state index in [0.717, 1.165) is 12.1 Å². The van der Waals surface area contributed by atoms with Gasteiger partial charge in [0, 0.05) is 5.56 Å². The van der Waals surface area contributed by atoms with E-state index in [1.54, 1.807) is 0 Å². The van der Waals surface area contributed by atoms with Crippen molar-refractivity contribution in [3.63, 3.8) is 0 Å². The molecule has 1 aromatic carbocycles. The summed E-state index contributed by atoms with van der Waals surface area (Å²) in [6.07, 6.45) is -4.58. The van der Waals surface area contributed by atoms with Gasteiger partial charge in [0.2, 0.25) is 0 Å². The van der Waals surface area contributed by atoms with Gasteiger partial charge in [-0.3, -0.25) is 0 Å². The number of benzene rings is 1. The van der Waals surface area contributed by atoms with Crippen molar-refractivity contribution in [3.05, 3.63) is 33.5 Å². The molecule has 1 rings (SSSR count). The molecule has 0 bridgehead atoms. The minimum absolute atomic E-state index is 0.0267. The van der Waals surface area contributed by atoms with Crippen LogP contribution in [0.3, 0.4) is 0 Å². The van der Waals surface area contributed by atoms with Crippen LogP contribution in [0.15, 0.2) is 16.6 Å². The first-order valence-electron chi connectivity index (χ1n) is 3.48. The zero-order valence-corrected chi connectivity index (χ0v) is 8.97. The molecule has 0 aliphatic rings. The highest BCUT2D eigenvalue weighted by Crippen LogP contribution is 2.35. The molecule has 0 saturated heterocycles. The van der Waals surface area contributed by atoms with E-state index in [0.29, 0.717) is 0 Å². The van der Waals surface area contributed by atoms with Gasteiger partial charge in [0.15, 0.2) is 0 Å². The van der Waals surface area contributed by atoms with Crippen LogP contribution >= 0.6 is 27.5 Å². The van der Waals surface area contributed by atoms with Crippen molar-refractivity contribution in [1.29, 1.82) is 0 Å². The molecule has 0 unspecified atom stereocenters. The summed E-state index contributed by atoms with van der Waals surface area (Å²) in [5.41, 5.74) is -1.57. The standard InChI is InChI=1S/C8H4BrClF4/c9-6-2-1-5(8(12,13)14)4(3-10)7(6)11/h1-2H,3H2. The van der Waals surface area contributed by atoms with E-state index >= 15 is 0 Å². The smallest absolute Gasteiger partial charge is 0.205 e. The van der Waals surface area contributed by atoms with Gasteiger partial charge in [-0.25, -0.2) is 4.39 Å². The second-order valence-corrected chi connectivity index (χ2v) is 3.64. The number of halogens is 6.